The van der Waals surface area contributed by atoms with Crippen molar-refractivity contribution in [1.29, 1.82) is 0 Å². The van der Waals surface area contributed by atoms with Crippen LogP contribution >= 0.6 is 11.6 Å². The van der Waals surface area contributed by atoms with Gasteiger partial charge in [-0.05, 0) is 55.6 Å². The van der Waals surface area contributed by atoms with Crippen molar-refractivity contribution in [1.82, 2.24) is 0 Å². The minimum absolute atomic E-state index is 0.141. The molecule has 1 aromatic carbocycles. The SMILES string of the molecule is NC(CCCCB(O)O)C1CC(N)(Cc2ccc(Cl)cc2)C1. The van der Waals surface area contributed by atoms with E-state index in [0.29, 0.717) is 12.2 Å². The average molecular weight is 325 g/mol. The van der Waals surface area contributed by atoms with Gasteiger partial charge in [-0.3, -0.25) is 0 Å². The van der Waals surface area contributed by atoms with Crippen LogP contribution in [0.5, 0.6) is 0 Å². The summed E-state index contributed by atoms with van der Waals surface area (Å²) in [4.78, 5) is 0. The van der Waals surface area contributed by atoms with Gasteiger partial charge >= 0.3 is 7.12 Å². The highest BCUT2D eigenvalue weighted by Gasteiger charge is 2.43. The zero-order chi connectivity index (χ0) is 16.2. The fraction of sp³-hybridized carbons (Fsp3) is 0.625. The number of unbranched alkanes of at least 4 members (excludes halogenated alkanes) is 1. The van der Waals surface area contributed by atoms with Gasteiger partial charge in [0.1, 0.15) is 0 Å². The van der Waals surface area contributed by atoms with Gasteiger partial charge in [0.05, 0.1) is 0 Å². The Morgan fingerprint density at radius 1 is 1.23 bits per heavy atom. The van der Waals surface area contributed by atoms with Gasteiger partial charge in [-0.25, -0.2) is 0 Å². The van der Waals surface area contributed by atoms with Gasteiger partial charge in [-0.1, -0.05) is 36.6 Å². The highest BCUT2D eigenvalue weighted by atomic mass is 35.5. The predicted octanol–water partition coefficient (Wildman–Crippen LogP) is 1.96. The minimum Gasteiger partial charge on any atom is -0.427 e. The van der Waals surface area contributed by atoms with Crippen LogP contribution in [-0.4, -0.2) is 28.7 Å². The Balaban J connectivity index is 1.70. The molecule has 0 aliphatic heterocycles. The van der Waals surface area contributed by atoms with Crippen molar-refractivity contribution in [3.63, 3.8) is 0 Å². The third-order valence-corrected chi connectivity index (χ3v) is 4.91. The molecule has 1 unspecified atom stereocenters. The first-order valence-electron chi connectivity index (χ1n) is 8.03. The Morgan fingerprint density at radius 2 is 1.86 bits per heavy atom. The molecule has 1 fully saturated rings. The molecule has 0 radical (unpaired) electrons. The van der Waals surface area contributed by atoms with Crippen LogP contribution in [0.1, 0.15) is 37.7 Å². The molecule has 1 aliphatic rings. The van der Waals surface area contributed by atoms with Crippen LogP contribution < -0.4 is 11.5 Å². The summed E-state index contributed by atoms with van der Waals surface area (Å²) < 4.78 is 0. The topological polar surface area (TPSA) is 92.5 Å². The average Bonchev–Trinajstić information content (AvgIpc) is 2.43. The van der Waals surface area contributed by atoms with Crippen LogP contribution in [-0.2, 0) is 6.42 Å². The van der Waals surface area contributed by atoms with Crippen molar-refractivity contribution in [2.45, 2.75) is 56.4 Å². The number of rotatable bonds is 8. The number of halogens is 1. The van der Waals surface area contributed by atoms with Crippen LogP contribution in [0.3, 0.4) is 0 Å². The Hall–Kier alpha value is -0.585. The number of nitrogens with two attached hydrogens (primary N) is 2. The molecule has 0 bridgehead atoms. The fourth-order valence-corrected chi connectivity index (χ4v) is 3.51. The molecule has 1 aromatic rings. The molecule has 0 aromatic heterocycles. The molecule has 0 amide bonds. The van der Waals surface area contributed by atoms with Crippen LogP contribution in [0.4, 0.5) is 0 Å². The Bertz CT molecular complexity index is 464. The molecule has 122 valence electrons. The summed E-state index contributed by atoms with van der Waals surface area (Å²) >= 11 is 5.90. The van der Waals surface area contributed by atoms with E-state index < -0.39 is 7.12 Å². The lowest BCUT2D eigenvalue weighted by molar-refractivity contribution is 0.118. The van der Waals surface area contributed by atoms with Crippen molar-refractivity contribution in [3.8, 4) is 0 Å². The third-order valence-electron chi connectivity index (χ3n) is 4.66. The molecular weight excluding hydrogens is 298 g/mol. The molecule has 0 saturated heterocycles. The largest absolute Gasteiger partial charge is 0.451 e. The molecule has 4 nitrogen and oxygen atoms in total. The monoisotopic (exact) mass is 324 g/mol. The van der Waals surface area contributed by atoms with Crippen molar-refractivity contribution in [2.75, 3.05) is 0 Å². The Morgan fingerprint density at radius 3 is 2.45 bits per heavy atom. The molecule has 1 aliphatic carbocycles. The van der Waals surface area contributed by atoms with Crippen LogP contribution in [0.15, 0.2) is 24.3 Å². The molecule has 6 N–H and O–H groups in total. The third kappa shape index (κ3) is 5.25. The number of hydrogen-bond donors (Lipinski definition) is 4. The second-order valence-electron chi connectivity index (χ2n) is 6.76. The van der Waals surface area contributed by atoms with Crippen molar-refractivity contribution in [2.24, 2.45) is 17.4 Å². The van der Waals surface area contributed by atoms with Crippen LogP contribution in [0.25, 0.3) is 0 Å². The highest BCUT2D eigenvalue weighted by molar-refractivity contribution is 6.40. The van der Waals surface area contributed by atoms with Crippen LogP contribution in [0.2, 0.25) is 11.3 Å². The Labute approximate surface area is 138 Å². The van der Waals surface area contributed by atoms with E-state index in [1.807, 2.05) is 24.3 Å². The maximum atomic E-state index is 8.81. The van der Waals surface area contributed by atoms with Gasteiger partial charge < -0.3 is 21.5 Å². The summed E-state index contributed by atoms with van der Waals surface area (Å²) in [6.07, 6.45) is 5.87. The minimum atomic E-state index is -1.20. The zero-order valence-electron chi connectivity index (χ0n) is 12.9. The van der Waals surface area contributed by atoms with E-state index >= 15 is 0 Å². The maximum Gasteiger partial charge on any atom is 0.451 e. The first kappa shape index (κ1) is 17.8. The quantitative estimate of drug-likeness (QED) is 0.434. The van der Waals surface area contributed by atoms with Gasteiger partial charge in [0.2, 0.25) is 0 Å². The lowest BCUT2D eigenvalue weighted by atomic mass is 9.63. The van der Waals surface area contributed by atoms with Gasteiger partial charge in [-0.15, -0.1) is 0 Å². The number of hydrogen-bond acceptors (Lipinski definition) is 4. The standard InChI is InChI=1S/C16H26BClN2O2/c18-14-6-4-12(5-7-14)9-16(20)10-13(11-16)15(19)3-1-2-8-17(21)22/h4-7,13,15,21-22H,1-3,8-11,19-20H2. The van der Waals surface area contributed by atoms with Crippen molar-refractivity contribution < 1.29 is 10.0 Å². The molecule has 0 spiro atoms. The van der Waals surface area contributed by atoms with E-state index in [0.717, 1.165) is 43.5 Å². The van der Waals surface area contributed by atoms with E-state index in [4.69, 9.17) is 33.1 Å². The van der Waals surface area contributed by atoms with Gasteiger partial charge in [0.25, 0.3) is 0 Å². The second kappa shape index (κ2) is 7.80. The lowest BCUT2D eigenvalue weighted by Crippen LogP contribution is -2.57. The molecular formula is C16H26BClN2O2. The van der Waals surface area contributed by atoms with Crippen LogP contribution in [0, 0.1) is 5.92 Å². The highest BCUT2D eigenvalue weighted by Crippen LogP contribution is 2.40. The zero-order valence-corrected chi connectivity index (χ0v) is 13.7. The van der Waals surface area contributed by atoms with E-state index in [1.165, 1.54) is 5.56 Å². The van der Waals surface area contributed by atoms with Crippen molar-refractivity contribution in [3.05, 3.63) is 34.9 Å². The molecule has 22 heavy (non-hydrogen) atoms. The first-order valence-corrected chi connectivity index (χ1v) is 8.41. The number of benzene rings is 1. The van der Waals surface area contributed by atoms with Gasteiger partial charge in [0.15, 0.2) is 0 Å². The summed E-state index contributed by atoms with van der Waals surface area (Å²) in [6, 6.07) is 8.03. The summed E-state index contributed by atoms with van der Waals surface area (Å²) in [6.45, 7) is 0. The maximum absolute atomic E-state index is 8.81. The van der Waals surface area contributed by atoms with Gasteiger partial charge in [0, 0.05) is 16.6 Å². The molecule has 1 atom stereocenters. The predicted molar refractivity (Wildman–Crippen MR) is 91.6 cm³/mol. The summed E-state index contributed by atoms with van der Waals surface area (Å²) in [5.41, 5.74) is 13.8. The summed E-state index contributed by atoms with van der Waals surface area (Å²) in [5.74, 6) is 0.483. The molecule has 2 rings (SSSR count). The van der Waals surface area contributed by atoms with E-state index in [9.17, 15) is 0 Å². The summed E-state index contributed by atoms with van der Waals surface area (Å²) in [7, 11) is -1.20. The second-order valence-corrected chi connectivity index (χ2v) is 7.20. The first-order chi connectivity index (χ1) is 10.4. The van der Waals surface area contributed by atoms with E-state index in [1.54, 1.807) is 0 Å². The normalized spacial score (nSPS) is 25.6. The Kier molecular flexibility index (Phi) is 6.30. The smallest absolute Gasteiger partial charge is 0.427 e. The van der Waals surface area contributed by atoms with Gasteiger partial charge in [-0.2, -0.15) is 0 Å². The lowest BCUT2D eigenvalue weighted by Gasteiger charge is -2.48. The van der Waals surface area contributed by atoms with Crippen molar-refractivity contribution >= 4 is 18.7 Å². The molecule has 1 saturated carbocycles. The van der Waals surface area contributed by atoms with E-state index in [2.05, 4.69) is 0 Å². The summed E-state index contributed by atoms with van der Waals surface area (Å²) in [5, 5.41) is 18.4. The van der Waals surface area contributed by atoms with E-state index in [-0.39, 0.29) is 11.6 Å². The fourth-order valence-electron chi connectivity index (χ4n) is 3.38. The molecule has 0 heterocycles. The molecule has 6 heteroatoms.